The van der Waals surface area contributed by atoms with Crippen molar-refractivity contribution in [1.29, 1.82) is 0 Å². The van der Waals surface area contributed by atoms with Crippen LogP contribution in [0.2, 0.25) is 0 Å². The van der Waals surface area contributed by atoms with Crippen molar-refractivity contribution in [3.05, 3.63) is 59.7 Å². The highest BCUT2D eigenvalue weighted by molar-refractivity contribution is 5.85. The first-order valence-corrected chi connectivity index (χ1v) is 11.2. The summed E-state index contributed by atoms with van der Waals surface area (Å²) in [7, 11) is 0. The molecule has 4 rings (SSSR count). The lowest BCUT2D eigenvalue weighted by molar-refractivity contribution is -0.142. The van der Waals surface area contributed by atoms with Gasteiger partial charge in [0.1, 0.15) is 12.6 Å². The van der Waals surface area contributed by atoms with Crippen molar-refractivity contribution < 1.29 is 29.0 Å². The Morgan fingerprint density at radius 2 is 1.73 bits per heavy atom. The molecule has 0 saturated carbocycles. The molecule has 8 nitrogen and oxygen atoms in total. The number of hydrogen-bond acceptors (Lipinski definition) is 5. The quantitative estimate of drug-likeness (QED) is 0.568. The van der Waals surface area contributed by atoms with Gasteiger partial charge >= 0.3 is 12.1 Å². The number of hydrogen-bond donors (Lipinski definition) is 3. The van der Waals surface area contributed by atoms with Crippen molar-refractivity contribution in [3.8, 4) is 11.1 Å². The first-order valence-electron chi connectivity index (χ1n) is 11.2. The zero-order valence-electron chi connectivity index (χ0n) is 18.5. The average molecular weight is 453 g/mol. The summed E-state index contributed by atoms with van der Waals surface area (Å²) in [6.07, 6.45) is -0.149. The summed E-state index contributed by atoms with van der Waals surface area (Å²) in [5.74, 6) is -1.85. The van der Waals surface area contributed by atoms with Crippen molar-refractivity contribution in [2.24, 2.45) is 5.92 Å². The lowest BCUT2D eigenvalue weighted by atomic mass is 9.98. The van der Waals surface area contributed by atoms with Gasteiger partial charge in [0.05, 0.1) is 18.6 Å². The fourth-order valence-corrected chi connectivity index (χ4v) is 4.51. The van der Waals surface area contributed by atoms with Crippen molar-refractivity contribution >= 4 is 18.0 Å². The molecule has 174 valence electrons. The Labute approximate surface area is 192 Å². The molecule has 2 aliphatic rings. The molecule has 2 aromatic carbocycles. The average Bonchev–Trinajstić information content (AvgIpc) is 3.42. The summed E-state index contributed by atoms with van der Waals surface area (Å²) in [5, 5.41) is 14.3. The number of carboxylic acid groups (broad SMARTS) is 1. The standard InChI is InChI=1S/C25H28N2O6/c1-2-22(24(29)30)27-23(28)15-11-16(32-13-15)12-26-25(31)33-14-21-19-9-5-3-7-17(19)18-8-4-6-10-20(18)21/h3-10,15-16,21-22H,2,11-14H2,1H3,(H,26,31)(H,27,28)(H,29,30)/t15?,16?,22-/m0/s1. The second kappa shape index (κ2) is 10.0. The molecule has 0 bridgehead atoms. The predicted molar refractivity (Wildman–Crippen MR) is 121 cm³/mol. The summed E-state index contributed by atoms with van der Waals surface area (Å²) >= 11 is 0. The topological polar surface area (TPSA) is 114 Å². The van der Waals surface area contributed by atoms with Gasteiger partial charge in [-0.05, 0) is 35.1 Å². The minimum absolute atomic E-state index is 0.0142. The van der Waals surface area contributed by atoms with Crippen molar-refractivity contribution in [2.75, 3.05) is 19.8 Å². The van der Waals surface area contributed by atoms with E-state index in [1.54, 1.807) is 6.92 Å². The van der Waals surface area contributed by atoms with E-state index in [1.165, 1.54) is 11.1 Å². The maximum Gasteiger partial charge on any atom is 0.407 e. The number of carbonyl (C=O) groups is 3. The van der Waals surface area contributed by atoms with E-state index in [0.717, 1.165) is 11.1 Å². The summed E-state index contributed by atoms with van der Waals surface area (Å²) < 4.78 is 11.1. The van der Waals surface area contributed by atoms with Gasteiger partial charge < -0.3 is 25.2 Å². The molecule has 3 N–H and O–H groups in total. The fraction of sp³-hybridized carbons (Fsp3) is 0.400. The summed E-state index contributed by atoms with van der Waals surface area (Å²) in [6.45, 7) is 2.34. The third-order valence-electron chi connectivity index (χ3n) is 6.29. The molecule has 2 amide bonds. The molecule has 0 aromatic heterocycles. The first kappa shape index (κ1) is 22.8. The molecule has 8 heteroatoms. The van der Waals surface area contributed by atoms with Crippen LogP contribution in [0.3, 0.4) is 0 Å². The van der Waals surface area contributed by atoms with Gasteiger partial charge in [-0.15, -0.1) is 0 Å². The van der Waals surface area contributed by atoms with Gasteiger partial charge in [0.2, 0.25) is 5.91 Å². The Bertz CT molecular complexity index is 994. The van der Waals surface area contributed by atoms with Crippen LogP contribution in [0.4, 0.5) is 4.79 Å². The predicted octanol–water partition coefficient (Wildman–Crippen LogP) is 2.91. The maximum atomic E-state index is 12.3. The highest BCUT2D eigenvalue weighted by atomic mass is 16.5. The Morgan fingerprint density at radius 1 is 1.09 bits per heavy atom. The van der Waals surface area contributed by atoms with Crippen LogP contribution in [0.1, 0.15) is 36.8 Å². The molecule has 1 aliphatic heterocycles. The third kappa shape index (κ3) is 5.01. The summed E-state index contributed by atoms with van der Waals surface area (Å²) in [5.41, 5.74) is 4.62. The lowest BCUT2D eigenvalue weighted by Gasteiger charge is -2.16. The summed E-state index contributed by atoms with van der Waals surface area (Å²) in [4.78, 5) is 35.7. The zero-order chi connectivity index (χ0) is 23.4. The molecule has 2 unspecified atom stereocenters. The van der Waals surface area contributed by atoms with Gasteiger partial charge in [0.25, 0.3) is 0 Å². The van der Waals surface area contributed by atoms with Crippen molar-refractivity contribution in [2.45, 2.75) is 37.8 Å². The fourth-order valence-electron chi connectivity index (χ4n) is 4.51. The van der Waals surface area contributed by atoms with E-state index in [2.05, 4.69) is 34.9 Å². The van der Waals surface area contributed by atoms with E-state index in [-0.39, 0.29) is 37.7 Å². The molecule has 33 heavy (non-hydrogen) atoms. The molecule has 1 fully saturated rings. The Hall–Kier alpha value is -3.39. The number of rotatable bonds is 8. The molecular weight excluding hydrogens is 424 g/mol. The number of carboxylic acids is 1. The van der Waals surface area contributed by atoms with Crippen molar-refractivity contribution in [1.82, 2.24) is 10.6 Å². The van der Waals surface area contributed by atoms with E-state index in [4.69, 9.17) is 14.6 Å². The molecule has 0 radical (unpaired) electrons. The van der Waals surface area contributed by atoms with Crippen LogP contribution in [-0.4, -0.2) is 55.0 Å². The second-order valence-corrected chi connectivity index (χ2v) is 8.40. The smallest absolute Gasteiger partial charge is 0.407 e. The van der Waals surface area contributed by atoms with Gasteiger partial charge in [-0.3, -0.25) is 4.79 Å². The lowest BCUT2D eigenvalue weighted by Crippen LogP contribution is -2.43. The molecule has 0 spiro atoms. The number of fused-ring (bicyclic) bond motifs is 3. The number of amides is 2. The molecule has 3 atom stereocenters. The number of nitrogens with one attached hydrogen (secondary N) is 2. The van der Waals surface area contributed by atoms with Gasteiger partial charge in [0, 0.05) is 12.5 Å². The number of benzene rings is 2. The molecule has 2 aromatic rings. The minimum atomic E-state index is -1.06. The van der Waals surface area contributed by atoms with Crippen LogP contribution in [-0.2, 0) is 19.1 Å². The minimum Gasteiger partial charge on any atom is -0.480 e. The Balaban J connectivity index is 1.25. The number of carbonyl (C=O) groups excluding carboxylic acids is 2. The van der Waals surface area contributed by atoms with Gasteiger partial charge in [-0.2, -0.15) is 0 Å². The molecule has 1 saturated heterocycles. The van der Waals surface area contributed by atoms with E-state index in [9.17, 15) is 14.4 Å². The van der Waals surface area contributed by atoms with Crippen LogP contribution < -0.4 is 10.6 Å². The van der Waals surface area contributed by atoms with Crippen LogP contribution in [0, 0.1) is 5.92 Å². The third-order valence-corrected chi connectivity index (χ3v) is 6.29. The Morgan fingerprint density at radius 3 is 2.33 bits per heavy atom. The largest absolute Gasteiger partial charge is 0.480 e. The molecule has 1 aliphatic carbocycles. The van der Waals surface area contributed by atoms with E-state index >= 15 is 0 Å². The highest BCUT2D eigenvalue weighted by Crippen LogP contribution is 2.44. The monoisotopic (exact) mass is 452 g/mol. The second-order valence-electron chi connectivity index (χ2n) is 8.40. The SMILES string of the molecule is CC[C@H](NC(=O)C1COC(CNC(=O)OCC2c3ccccc3-c3ccccc32)C1)C(=O)O. The van der Waals surface area contributed by atoms with Crippen LogP contribution in [0.5, 0.6) is 0 Å². The first-order chi connectivity index (χ1) is 16.0. The van der Waals surface area contributed by atoms with Crippen LogP contribution >= 0.6 is 0 Å². The van der Waals surface area contributed by atoms with E-state index in [0.29, 0.717) is 12.8 Å². The number of aliphatic carboxylic acids is 1. The van der Waals surface area contributed by atoms with Crippen LogP contribution in [0.25, 0.3) is 11.1 Å². The van der Waals surface area contributed by atoms with Crippen molar-refractivity contribution in [3.63, 3.8) is 0 Å². The Kier molecular flexibility index (Phi) is 6.93. The van der Waals surface area contributed by atoms with E-state index in [1.807, 2.05) is 24.3 Å². The van der Waals surface area contributed by atoms with Gasteiger partial charge in [-0.1, -0.05) is 55.5 Å². The maximum absolute atomic E-state index is 12.3. The molecular formula is C25H28N2O6. The zero-order valence-corrected chi connectivity index (χ0v) is 18.5. The number of alkyl carbamates (subject to hydrolysis) is 1. The summed E-state index contributed by atoms with van der Waals surface area (Å²) in [6, 6.07) is 15.4. The van der Waals surface area contributed by atoms with Crippen LogP contribution in [0.15, 0.2) is 48.5 Å². The highest BCUT2D eigenvalue weighted by Gasteiger charge is 2.33. The number of ether oxygens (including phenoxy) is 2. The van der Waals surface area contributed by atoms with Gasteiger partial charge in [0.15, 0.2) is 0 Å². The normalized spacial score (nSPS) is 19.9. The van der Waals surface area contributed by atoms with Gasteiger partial charge in [-0.25, -0.2) is 9.59 Å². The molecule has 1 heterocycles. The van der Waals surface area contributed by atoms with E-state index < -0.39 is 24.0 Å².